The van der Waals surface area contributed by atoms with Crippen LogP contribution >= 0.6 is 0 Å². The maximum absolute atomic E-state index is 12.7. The summed E-state index contributed by atoms with van der Waals surface area (Å²) in [4.78, 5) is 43.4. The third-order valence-corrected chi connectivity index (χ3v) is 4.80. The summed E-state index contributed by atoms with van der Waals surface area (Å²) in [5.41, 5.74) is 22.4. The van der Waals surface area contributed by atoms with E-state index in [1.807, 2.05) is 0 Å². The molecule has 2 aromatic rings. The molecule has 35 heavy (non-hydrogen) atoms. The average molecular weight is 488 g/mol. The van der Waals surface area contributed by atoms with Crippen LogP contribution in [0.15, 0.2) is 27.7 Å². The first-order valence-electron chi connectivity index (χ1n) is 10.7. The monoisotopic (exact) mass is 487 g/mol. The van der Waals surface area contributed by atoms with E-state index in [0.717, 1.165) is 0 Å². The summed E-state index contributed by atoms with van der Waals surface area (Å²) in [6, 6.07) is 6.88. The molecule has 2 rings (SSSR count). The minimum absolute atomic E-state index is 0.0431. The quantitative estimate of drug-likeness (QED) is 0.0974. The molecule has 0 aliphatic heterocycles. The number of aromatic nitrogens is 2. The van der Waals surface area contributed by atoms with E-state index in [1.54, 1.807) is 18.2 Å². The van der Waals surface area contributed by atoms with E-state index in [2.05, 4.69) is 37.9 Å². The van der Waals surface area contributed by atoms with Gasteiger partial charge in [-0.1, -0.05) is 17.3 Å². The number of carboxylic acid groups (broad SMARTS) is 1. The highest BCUT2D eigenvalue weighted by molar-refractivity contribution is 5.83. The number of hydrogen-bond acceptors (Lipinski definition) is 8. The predicted molar refractivity (Wildman–Crippen MR) is 123 cm³/mol. The van der Waals surface area contributed by atoms with E-state index >= 15 is 0 Å². The van der Waals surface area contributed by atoms with Crippen LogP contribution in [0.4, 0.5) is 4.79 Å². The number of aliphatic carboxylic acids is 1. The number of carbonyl (C=O) groups is 3. The first-order valence-corrected chi connectivity index (χ1v) is 10.7. The highest BCUT2D eigenvalue weighted by Crippen LogP contribution is 2.20. The molecule has 14 nitrogen and oxygen atoms in total. The van der Waals surface area contributed by atoms with Gasteiger partial charge in [0.1, 0.15) is 12.1 Å². The molecule has 11 N–H and O–H groups in total. The molecule has 14 heteroatoms. The van der Waals surface area contributed by atoms with Gasteiger partial charge in [-0.15, -0.1) is 0 Å². The van der Waals surface area contributed by atoms with Crippen LogP contribution in [0.1, 0.15) is 55.0 Å². The number of carboxylic acids is 1. The maximum Gasteiger partial charge on any atom is 0.326 e. The first kappa shape index (κ1) is 26.9. The zero-order valence-corrected chi connectivity index (χ0v) is 18.9. The van der Waals surface area contributed by atoms with E-state index in [1.165, 1.54) is 0 Å². The van der Waals surface area contributed by atoms with Crippen molar-refractivity contribution in [2.75, 3.05) is 6.54 Å². The Morgan fingerprint density at radius 1 is 1.17 bits per heavy atom. The molecule has 0 aliphatic carbocycles. The van der Waals surface area contributed by atoms with Gasteiger partial charge in [-0.2, -0.15) is 4.98 Å². The number of aliphatic imine (C=N–C) groups is 1. The fourth-order valence-corrected chi connectivity index (χ4v) is 3.03. The van der Waals surface area contributed by atoms with Crippen LogP contribution in [-0.2, 0) is 16.0 Å². The number of nitrogens with two attached hydrogens (primary N) is 4. The van der Waals surface area contributed by atoms with Crippen molar-refractivity contribution in [2.45, 2.75) is 50.2 Å². The molecule has 0 saturated heterocycles. The molecule has 188 valence electrons. The fourth-order valence-electron chi connectivity index (χ4n) is 3.03. The summed E-state index contributed by atoms with van der Waals surface area (Å²) in [7, 11) is 0. The Morgan fingerprint density at radius 2 is 1.94 bits per heavy atom. The average Bonchev–Trinajstić information content (AvgIpc) is 3.30. The van der Waals surface area contributed by atoms with E-state index in [0.29, 0.717) is 18.4 Å². The minimum Gasteiger partial charge on any atom is -0.480 e. The SMILES string of the molecule is NC(=O)CC[C@H](N)c1noc([C@H](CCCN=C(N)N)NC(=O)N[C@@H](Cc2cc#ccc2)C(=O)O)n1. The molecule has 0 saturated carbocycles. The summed E-state index contributed by atoms with van der Waals surface area (Å²) in [6.45, 7) is 0.278. The number of nitrogens with zero attached hydrogens (tertiary/aromatic N) is 3. The van der Waals surface area contributed by atoms with E-state index in [4.69, 9.17) is 27.5 Å². The van der Waals surface area contributed by atoms with Gasteiger partial charge in [0.05, 0.1) is 6.04 Å². The Bertz CT molecular complexity index is 1010. The lowest BCUT2D eigenvalue weighted by Crippen LogP contribution is -2.48. The number of rotatable bonds is 14. The molecule has 0 bridgehead atoms. The largest absolute Gasteiger partial charge is 0.480 e. The summed E-state index contributed by atoms with van der Waals surface area (Å²) in [5, 5.41) is 18.4. The number of amides is 3. The van der Waals surface area contributed by atoms with E-state index in [9.17, 15) is 19.5 Å². The maximum atomic E-state index is 12.7. The second kappa shape index (κ2) is 13.4. The second-order valence-electron chi connectivity index (χ2n) is 7.66. The highest BCUT2D eigenvalue weighted by Gasteiger charge is 2.26. The van der Waals surface area contributed by atoms with Crippen molar-refractivity contribution in [1.82, 2.24) is 20.8 Å². The van der Waals surface area contributed by atoms with Gasteiger partial charge in [0.2, 0.25) is 11.8 Å². The van der Waals surface area contributed by atoms with Crippen molar-refractivity contribution in [1.29, 1.82) is 0 Å². The molecular formula is C21H29N9O5. The molecule has 3 atom stereocenters. The van der Waals surface area contributed by atoms with Crippen LogP contribution in [0.2, 0.25) is 0 Å². The molecule has 0 unspecified atom stereocenters. The van der Waals surface area contributed by atoms with Crippen molar-refractivity contribution in [3.8, 4) is 0 Å². The van der Waals surface area contributed by atoms with Gasteiger partial charge in [0.25, 0.3) is 0 Å². The number of carbonyl (C=O) groups excluding carboxylic acids is 2. The first-order chi connectivity index (χ1) is 16.7. The van der Waals surface area contributed by atoms with Gasteiger partial charge >= 0.3 is 12.0 Å². The molecule has 1 heterocycles. The lowest BCUT2D eigenvalue weighted by Gasteiger charge is -2.19. The molecule has 0 aliphatic rings. The number of urea groups is 1. The molecule has 3 amide bonds. The lowest BCUT2D eigenvalue weighted by molar-refractivity contribution is -0.139. The second-order valence-corrected chi connectivity index (χ2v) is 7.66. The summed E-state index contributed by atoms with van der Waals surface area (Å²) >= 11 is 0. The van der Waals surface area contributed by atoms with Gasteiger partial charge in [-0.25, -0.2) is 9.59 Å². The van der Waals surface area contributed by atoms with Crippen molar-refractivity contribution < 1.29 is 24.0 Å². The van der Waals surface area contributed by atoms with Gasteiger partial charge in [0, 0.05) is 19.4 Å². The number of guanidine groups is 1. The predicted octanol–water partition coefficient (Wildman–Crippen LogP) is -0.975. The minimum atomic E-state index is -1.21. The van der Waals surface area contributed by atoms with Crippen LogP contribution in [0.3, 0.4) is 0 Å². The number of primary amides is 1. The highest BCUT2D eigenvalue weighted by atomic mass is 16.5. The smallest absolute Gasteiger partial charge is 0.326 e. The zero-order chi connectivity index (χ0) is 25.8. The molecular weight excluding hydrogens is 458 g/mol. The third-order valence-electron chi connectivity index (χ3n) is 4.80. The normalized spacial score (nSPS) is 13.1. The summed E-state index contributed by atoms with van der Waals surface area (Å²) in [5.74, 6) is -1.61. The third kappa shape index (κ3) is 9.56. The van der Waals surface area contributed by atoms with Crippen molar-refractivity contribution in [3.05, 3.63) is 47.6 Å². The van der Waals surface area contributed by atoms with Gasteiger partial charge in [-0.3, -0.25) is 9.79 Å². The number of nitrogens with one attached hydrogen (secondary N) is 2. The van der Waals surface area contributed by atoms with Gasteiger partial charge in [0.15, 0.2) is 11.8 Å². The Balaban J connectivity index is 2.09. The number of hydrogen-bond donors (Lipinski definition) is 7. The molecule has 0 spiro atoms. The van der Waals surface area contributed by atoms with Crippen molar-refractivity contribution >= 4 is 23.9 Å². The van der Waals surface area contributed by atoms with Crippen molar-refractivity contribution in [2.24, 2.45) is 27.9 Å². The molecule has 0 fully saturated rings. The molecule has 0 radical (unpaired) electrons. The zero-order valence-electron chi connectivity index (χ0n) is 18.9. The van der Waals surface area contributed by atoms with E-state index in [-0.39, 0.29) is 43.5 Å². The molecule has 1 aromatic carbocycles. The van der Waals surface area contributed by atoms with Crippen LogP contribution < -0.4 is 33.6 Å². The van der Waals surface area contributed by atoms with Crippen LogP contribution in [0.25, 0.3) is 0 Å². The van der Waals surface area contributed by atoms with Crippen LogP contribution in [0.5, 0.6) is 0 Å². The lowest BCUT2D eigenvalue weighted by atomic mass is 10.1. The van der Waals surface area contributed by atoms with Crippen molar-refractivity contribution in [3.63, 3.8) is 0 Å². The van der Waals surface area contributed by atoms with Crippen LogP contribution in [0, 0.1) is 12.1 Å². The van der Waals surface area contributed by atoms with Crippen LogP contribution in [-0.4, -0.2) is 51.7 Å². The fraction of sp³-hybridized carbons (Fsp3) is 0.429. The van der Waals surface area contributed by atoms with Gasteiger partial charge < -0.3 is 43.2 Å². The Morgan fingerprint density at radius 3 is 2.57 bits per heavy atom. The Kier molecular flexibility index (Phi) is 10.3. The standard InChI is InChI=1S/C21H29N9O5/c22-13(8-9-16(23)31)17-29-18(35-30-17)14(7-4-10-26-20(24)25)27-21(34)28-15(19(32)33)11-12-5-2-1-3-6-12/h2,5-6,13-15H,4,7-11,22H2,(H2,23,31)(H,32,33)(H4,24,25,26)(H2,27,28,34)/t13-,14-,15-/m0/s1. The summed E-state index contributed by atoms with van der Waals surface area (Å²) in [6.07, 6.45) is 1.03. The Hall–Kier alpha value is -4.38. The topological polar surface area (TPSA) is 251 Å². The Labute approximate surface area is 201 Å². The summed E-state index contributed by atoms with van der Waals surface area (Å²) < 4.78 is 5.27. The van der Waals surface area contributed by atoms with E-state index < -0.39 is 36.0 Å². The molecule has 1 aromatic heterocycles. The van der Waals surface area contributed by atoms with Gasteiger partial charge in [-0.05, 0) is 43.0 Å².